The number of methoxy groups -OCH3 is 1. The Morgan fingerprint density at radius 2 is 2.12 bits per heavy atom. The van der Waals surface area contributed by atoms with Crippen molar-refractivity contribution < 1.29 is 4.74 Å². The number of nitrogens with one attached hydrogen (secondary N) is 1. The lowest BCUT2D eigenvalue weighted by Crippen LogP contribution is -2.33. The minimum atomic E-state index is 0.149. The summed E-state index contributed by atoms with van der Waals surface area (Å²) in [6.07, 6.45) is 2.48. The van der Waals surface area contributed by atoms with Crippen LogP contribution in [-0.2, 0) is 5.54 Å². The van der Waals surface area contributed by atoms with Gasteiger partial charge in [-0.05, 0) is 49.4 Å². The lowest BCUT2D eigenvalue weighted by Gasteiger charge is -2.26. The fraction of sp³-hybridized carbons (Fsp3) is 0.600. The Morgan fingerprint density at radius 1 is 1.35 bits per heavy atom. The summed E-state index contributed by atoms with van der Waals surface area (Å²) in [6, 6.07) is 6.61. The number of rotatable bonds is 3. The Morgan fingerprint density at radius 3 is 2.65 bits per heavy atom. The fourth-order valence-electron chi connectivity index (χ4n) is 2.67. The van der Waals surface area contributed by atoms with Crippen LogP contribution in [0.25, 0.3) is 0 Å². The Labute approximate surface area is 104 Å². The maximum Gasteiger partial charge on any atom is 0.122 e. The molecule has 2 heteroatoms. The Hall–Kier alpha value is -1.02. The molecule has 2 rings (SSSR count). The highest BCUT2D eigenvalue weighted by molar-refractivity contribution is 5.41. The third-order valence-electron chi connectivity index (χ3n) is 3.86. The molecule has 1 fully saturated rings. The summed E-state index contributed by atoms with van der Waals surface area (Å²) in [6.45, 7) is 7.85. The van der Waals surface area contributed by atoms with E-state index in [2.05, 4.69) is 44.3 Å². The molecule has 0 radical (unpaired) electrons. The van der Waals surface area contributed by atoms with Crippen molar-refractivity contribution in [2.75, 3.05) is 13.7 Å². The van der Waals surface area contributed by atoms with E-state index in [4.69, 9.17) is 4.74 Å². The van der Waals surface area contributed by atoms with Crippen molar-refractivity contribution in [3.8, 4) is 5.75 Å². The van der Waals surface area contributed by atoms with Crippen molar-refractivity contribution >= 4 is 0 Å². The molecule has 1 heterocycles. The lowest BCUT2D eigenvalue weighted by atomic mass is 9.87. The highest BCUT2D eigenvalue weighted by atomic mass is 16.5. The molecule has 0 bridgehead atoms. The number of hydrogen-bond donors (Lipinski definition) is 1. The van der Waals surface area contributed by atoms with E-state index in [1.165, 1.54) is 24.0 Å². The second-order valence-electron chi connectivity index (χ2n) is 5.47. The van der Waals surface area contributed by atoms with Crippen molar-refractivity contribution in [3.63, 3.8) is 0 Å². The van der Waals surface area contributed by atoms with E-state index in [0.717, 1.165) is 12.3 Å². The maximum atomic E-state index is 5.44. The van der Waals surface area contributed by atoms with E-state index in [0.29, 0.717) is 5.92 Å². The molecule has 0 spiro atoms. The zero-order valence-electron chi connectivity index (χ0n) is 11.3. The van der Waals surface area contributed by atoms with Gasteiger partial charge >= 0.3 is 0 Å². The average Bonchev–Trinajstić information content (AvgIpc) is 2.76. The normalized spacial score (nSPS) is 24.3. The van der Waals surface area contributed by atoms with Crippen LogP contribution >= 0.6 is 0 Å². The molecular formula is C15H23NO. The van der Waals surface area contributed by atoms with Gasteiger partial charge in [-0.15, -0.1) is 0 Å². The average molecular weight is 233 g/mol. The summed E-state index contributed by atoms with van der Waals surface area (Å²) < 4.78 is 5.44. The Bertz CT molecular complexity index is 392. The van der Waals surface area contributed by atoms with E-state index in [1.54, 1.807) is 7.11 Å². The minimum absolute atomic E-state index is 0.149. The third kappa shape index (κ3) is 2.32. The first kappa shape index (κ1) is 12.4. The molecule has 1 atom stereocenters. The molecule has 0 aromatic heterocycles. The zero-order valence-corrected chi connectivity index (χ0v) is 11.3. The van der Waals surface area contributed by atoms with Crippen LogP contribution in [0.1, 0.15) is 50.7 Å². The van der Waals surface area contributed by atoms with Gasteiger partial charge in [-0.25, -0.2) is 0 Å². The second-order valence-corrected chi connectivity index (χ2v) is 5.47. The summed E-state index contributed by atoms with van der Waals surface area (Å²) >= 11 is 0. The van der Waals surface area contributed by atoms with Gasteiger partial charge in [-0.3, -0.25) is 0 Å². The summed E-state index contributed by atoms with van der Waals surface area (Å²) in [7, 11) is 1.75. The molecule has 94 valence electrons. The third-order valence-corrected chi connectivity index (χ3v) is 3.86. The van der Waals surface area contributed by atoms with E-state index < -0.39 is 0 Å². The molecular weight excluding hydrogens is 210 g/mol. The smallest absolute Gasteiger partial charge is 0.122 e. The predicted molar refractivity (Wildman–Crippen MR) is 71.7 cm³/mol. The highest BCUT2D eigenvalue weighted by Crippen LogP contribution is 2.35. The van der Waals surface area contributed by atoms with Gasteiger partial charge in [-0.2, -0.15) is 0 Å². The van der Waals surface area contributed by atoms with Gasteiger partial charge in [0.2, 0.25) is 0 Å². The van der Waals surface area contributed by atoms with Crippen molar-refractivity contribution in [2.24, 2.45) is 0 Å². The number of benzene rings is 1. The molecule has 1 N–H and O–H groups in total. The summed E-state index contributed by atoms with van der Waals surface area (Å²) in [4.78, 5) is 0. The van der Waals surface area contributed by atoms with Crippen molar-refractivity contribution in [3.05, 3.63) is 29.3 Å². The summed E-state index contributed by atoms with van der Waals surface area (Å²) in [5.41, 5.74) is 2.84. The lowest BCUT2D eigenvalue weighted by molar-refractivity contribution is 0.403. The zero-order chi connectivity index (χ0) is 12.5. The largest absolute Gasteiger partial charge is 0.496 e. The first-order valence-electron chi connectivity index (χ1n) is 6.50. The first-order valence-corrected chi connectivity index (χ1v) is 6.50. The fourth-order valence-corrected chi connectivity index (χ4v) is 2.67. The highest BCUT2D eigenvalue weighted by Gasteiger charge is 2.30. The predicted octanol–water partition coefficient (Wildman–Crippen LogP) is 3.42. The molecule has 1 saturated heterocycles. The monoisotopic (exact) mass is 233 g/mol. The van der Waals surface area contributed by atoms with Crippen LogP contribution in [0.3, 0.4) is 0 Å². The Kier molecular flexibility index (Phi) is 3.43. The minimum Gasteiger partial charge on any atom is -0.496 e. The molecule has 0 saturated carbocycles. The number of ether oxygens (including phenoxy) is 1. The molecule has 1 aromatic rings. The van der Waals surface area contributed by atoms with E-state index in [9.17, 15) is 0 Å². The quantitative estimate of drug-likeness (QED) is 0.863. The first-order chi connectivity index (χ1) is 8.07. The second kappa shape index (κ2) is 4.69. The standard InChI is InChI=1S/C15H23NO/c1-11(2)13-10-12(6-7-14(13)17-4)15(3)8-5-9-16-15/h6-7,10-11,16H,5,8-9H2,1-4H3. The molecule has 1 unspecified atom stereocenters. The van der Waals surface area contributed by atoms with Crippen LogP contribution < -0.4 is 10.1 Å². The van der Waals surface area contributed by atoms with Gasteiger partial charge in [0.25, 0.3) is 0 Å². The van der Waals surface area contributed by atoms with Crippen LogP contribution in [0.15, 0.2) is 18.2 Å². The van der Waals surface area contributed by atoms with Crippen LogP contribution in [0.4, 0.5) is 0 Å². The van der Waals surface area contributed by atoms with Gasteiger partial charge in [-0.1, -0.05) is 26.0 Å². The van der Waals surface area contributed by atoms with E-state index in [1.807, 2.05) is 0 Å². The summed E-state index contributed by atoms with van der Waals surface area (Å²) in [5, 5.41) is 3.61. The molecule has 1 aromatic carbocycles. The molecule has 1 aliphatic rings. The van der Waals surface area contributed by atoms with Crippen LogP contribution in [0, 0.1) is 0 Å². The van der Waals surface area contributed by atoms with Gasteiger partial charge in [0.15, 0.2) is 0 Å². The van der Waals surface area contributed by atoms with E-state index in [-0.39, 0.29) is 5.54 Å². The van der Waals surface area contributed by atoms with Gasteiger partial charge < -0.3 is 10.1 Å². The summed E-state index contributed by atoms with van der Waals surface area (Å²) in [5.74, 6) is 1.50. The topological polar surface area (TPSA) is 21.3 Å². The van der Waals surface area contributed by atoms with Crippen molar-refractivity contribution in [1.29, 1.82) is 0 Å². The molecule has 17 heavy (non-hydrogen) atoms. The number of hydrogen-bond acceptors (Lipinski definition) is 2. The van der Waals surface area contributed by atoms with Crippen LogP contribution in [0.2, 0.25) is 0 Å². The van der Waals surface area contributed by atoms with E-state index >= 15 is 0 Å². The van der Waals surface area contributed by atoms with Crippen LogP contribution in [0.5, 0.6) is 5.75 Å². The molecule has 0 aliphatic carbocycles. The van der Waals surface area contributed by atoms with Crippen LogP contribution in [-0.4, -0.2) is 13.7 Å². The van der Waals surface area contributed by atoms with Gasteiger partial charge in [0, 0.05) is 5.54 Å². The van der Waals surface area contributed by atoms with Gasteiger partial charge in [0.1, 0.15) is 5.75 Å². The molecule has 0 amide bonds. The maximum absolute atomic E-state index is 5.44. The van der Waals surface area contributed by atoms with Gasteiger partial charge in [0.05, 0.1) is 7.11 Å². The van der Waals surface area contributed by atoms with Crippen molar-refractivity contribution in [1.82, 2.24) is 5.32 Å². The molecule has 1 aliphatic heterocycles. The van der Waals surface area contributed by atoms with Crippen molar-refractivity contribution in [2.45, 2.75) is 45.1 Å². The molecule has 2 nitrogen and oxygen atoms in total. The SMILES string of the molecule is COc1ccc(C2(C)CCCN2)cc1C(C)C. The Balaban J connectivity index is 2.40.